The van der Waals surface area contributed by atoms with Crippen LogP contribution in [0.4, 0.5) is 0 Å². The van der Waals surface area contributed by atoms with Crippen molar-refractivity contribution in [1.29, 1.82) is 0 Å². The zero-order valence-corrected chi connectivity index (χ0v) is 11.1. The number of hydrogen-bond acceptors (Lipinski definition) is 6. The Labute approximate surface area is 111 Å². The van der Waals surface area contributed by atoms with Gasteiger partial charge in [-0.15, -0.1) is 0 Å². The smallest absolute Gasteiger partial charge is 0.337 e. The van der Waals surface area contributed by atoms with E-state index in [0.29, 0.717) is 17.7 Å². The number of allylic oxidation sites excluding steroid dienone is 1. The Morgan fingerprint density at radius 3 is 2.79 bits per heavy atom. The summed E-state index contributed by atoms with van der Waals surface area (Å²) in [5.74, 6) is -0.643. The predicted molar refractivity (Wildman–Crippen MR) is 66.6 cm³/mol. The van der Waals surface area contributed by atoms with Gasteiger partial charge in [-0.2, -0.15) is 0 Å². The summed E-state index contributed by atoms with van der Waals surface area (Å²) in [5, 5.41) is 12.1. The molecule has 1 heterocycles. The largest absolute Gasteiger partial charge is 0.471 e. The average molecular weight is 267 g/mol. The first kappa shape index (κ1) is 13.6. The maximum absolute atomic E-state index is 11.7. The van der Waals surface area contributed by atoms with Crippen molar-refractivity contribution in [3.05, 3.63) is 23.5 Å². The fourth-order valence-corrected chi connectivity index (χ4v) is 2.69. The molecule has 3 atom stereocenters. The highest BCUT2D eigenvalue weighted by atomic mass is 16.7. The van der Waals surface area contributed by atoms with Gasteiger partial charge in [0.25, 0.3) is 0 Å². The summed E-state index contributed by atoms with van der Waals surface area (Å²) in [5.41, 5.74) is 1.83. The minimum atomic E-state index is -0.496. The van der Waals surface area contributed by atoms with Crippen LogP contribution in [0.2, 0.25) is 0 Å². The highest BCUT2D eigenvalue weighted by Gasteiger charge is 2.45. The van der Waals surface area contributed by atoms with Gasteiger partial charge in [0.2, 0.25) is 6.29 Å². The molecule has 1 N–H and O–H groups in total. The molecule has 0 aromatic rings. The van der Waals surface area contributed by atoms with Gasteiger partial charge < -0.3 is 19.4 Å². The summed E-state index contributed by atoms with van der Waals surface area (Å²) < 4.78 is 15.5. The molecule has 0 aromatic carbocycles. The van der Waals surface area contributed by atoms with Crippen molar-refractivity contribution in [1.82, 2.24) is 0 Å². The molecule has 1 aliphatic heterocycles. The summed E-state index contributed by atoms with van der Waals surface area (Å²) in [6.07, 6.45) is 3.52. The van der Waals surface area contributed by atoms with E-state index in [-0.39, 0.29) is 11.8 Å². The van der Waals surface area contributed by atoms with Crippen molar-refractivity contribution in [2.24, 2.45) is 17.0 Å². The van der Waals surface area contributed by atoms with E-state index in [9.17, 15) is 4.79 Å². The lowest BCUT2D eigenvalue weighted by Crippen LogP contribution is -2.37. The zero-order valence-electron chi connectivity index (χ0n) is 11.1. The number of esters is 1. The van der Waals surface area contributed by atoms with Crippen LogP contribution >= 0.6 is 0 Å². The number of carbonyl (C=O) groups is 1. The van der Waals surface area contributed by atoms with Gasteiger partial charge in [0.05, 0.1) is 30.6 Å². The number of carbonyl (C=O) groups excluding carboxylic acids is 1. The molecule has 6 nitrogen and oxygen atoms in total. The highest BCUT2D eigenvalue weighted by molar-refractivity contribution is 5.99. The molecule has 6 heteroatoms. The quantitative estimate of drug-likeness (QED) is 0.362. The molecular weight excluding hydrogens is 250 g/mol. The minimum Gasteiger partial charge on any atom is -0.471 e. The fourth-order valence-electron chi connectivity index (χ4n) is 2.69. The van der Waals surface area contributed by atoms with Crippen LogP contribution < -0.4 is 0 Å². The summed E-state index contributed by atoms with van der Waals surface area (Å²) in [6.45, 7) is 1.71. The summed E-state index contributed by atoms with van der Waals surface area (Å²) in [4.78, 5) is 11.7. The van der Waals surface area contributed by atoms with Crippen LogP contribution in [-0.4, -0.2) is 37.4 Å². The monoisotopic (exact) mass is 267 g/mol. The summed E-state index contributed by atoms with van der Waals surface area (Å²) in [6, 6.07) is 0. The van der Waals surface area contributed by atoms with Gasteiger partial charge in [0.15, 0.2) is 0 Å². The van der Waals surface area contributed by atoms with E-state index >= 15 is 0 Å². The van der Waals surface area contributed by atoms with Crippen molar-refractivity contribution in [2.45, 2.75) is 19.6 Å². The maximum Gasteiger partial charge on any atom is 0.337 e. The maximum atomic E-state index is 11.7. The predicted octanol–water partition coefficient (Wildman–Crippen LogP) is 1.46. The Morgan fingerprint density at radius 2 is 2.21 bits per heavy atom. The number of methoxy groups -OCH3 is 2. The van der Waals surface area contributed by atoms with Crippen molar-refractivity contribution in [3.8, 4) is 0 Å². The van der Waals surface area contributed by atoms with Crippen LogP contribution in [0.5, 0.6) is 0 Å². The van der Waals surface area contributed by atoms with Gasteiger partial charge >= 0.3 is 5.97 Å². The molecule has 0 radical (unpaired) electrons. The Balaban J connectivity index is 2.34. The van der Waals surface area contributed by atoms with Crippen LogP contribution in [0.15, 0.2) is 28.6 Å². The SMILES string of the molecule is COC(=O)C1=CO[C@@H](OC)[C@@H]2C(C(C)=NO)=CC[C@H]12. The van der Waals surface area contributed by atoms with Gasteiger partial charge in [-0.05, 0) is 18.9 Å². The normalized spacial score (nSPS) is 30.1. The van der Waals surface area contributed by atoms with Crippen molar-refractivity contribution in [2.75, 3.05) is 14.2 Å². The van der Waals surface area contributed by atoms with Crippen LogP contribution in [0.3, 0.4) is 0 Å². The molecule has 0 saturated carbocycles. The third kappa shape index (κ3) is 2.23. The molecule has 104 valence electrons. The molecule has 2 aliphatic rings. The fraction of sp³-hybridized carbons (Fsp3) is 0.538. The molecule has 19 heavy (non-hydrogen) atoms. The van der Waals surface area contributed by atoms with Gasteiger partial charge in [-0.3, -0.25) is 0 Å². The number of fused-ring (bicyclic) bond motifs is 1. The second-order valence-corrected chi connectivity index (χ2v) is 4.52. The first-order valence-corrected chi connectivity index (χ1v) is 5.99. The number of hydrogen-bond donors (Lipinski definition) is 1. The number of nitrogens with zero attached hydrogens (tertiary/aromatic N) is 1. The molecule has 0 fully saturated rings. The third-order valence-corrected chi connectivity index (χ3v) is 3.63. The molecule has 0 unspecified atom stereocenters. The average Bonchev–Trinajstić information content (AvgIpc) is 2.89. The first-order valence-electron chi connectivity index (χ1n) is 5.99. The number of oxime groups is 1. The van der Waals surface area contributed by atoms with E-state index in [1.807, 2.05) is 6.08 Å². The Hall–Kier alpha value is -1.82. The van der Waals surface area contributed by atoms with E-state index in [1.54, 1.807) is 14.0 Å². The number of rotatable bonds is 3. The summed E-state index contributed by atoms with van der Waals surface area (Å²) in [7, 11) is 2.88. The minimum absolute atomic E-state index is 0.0714. The van der Waals surface area contributed by atoms with Crippen LogP contribution in [0, 0.1) is 11.8 Å². The first-order chi connectivity index (χ1) is 9.13. The van der Waals surface area contributed by atoms with Crippen LogP contribution in [0.25, 0.3) is 0 Å². The number of ether oxygens (including phenoxy) is 3. The van der Waals surface area contributed by atoms with Crippen LogP contribution in [0.1, 0.15) is 13.3 Å². The molecule has 0 aromatic heterocycles. The topological polar surface area (TPSA) is 77.4 Å². The molecule has 2 rings (SSSR count). The second kappa shape index (κ2) is 5.44. The van der Waals surface area contributed by atoms with Crippen molar-refractivity contribution >= 4 is 11.7 Å². The van der Waals surface area contributed by atoms with E-state index in [1.165, 1.54) is 13.4 Å². The van der Waals surface area contributed by atoms with E-state index in [4.69, 9.17) is 19.4 Å². The molecule has 0 spiro atoms. The standard InChI is InChI=1S/C13H17NO5/c1-7(14-16)8-4-5-9-10(12(15)17-2)6-19-13(18-3)11(8)9/h4,6,9,11,13,16H,5H2,1-3H3/t9-,11-,13-/m1/s1. The van der Waals surface area contributed by atoms with Gasteiger partial charge in [0, 0.05) is 13.0 Å². The van der Waals surface area contributed by atoms with E-state index < -0.39 is 12.3 Å². The zero-order chi connectivity index (χ0) is 14.0. The highest BCUT2D eigenvalue weighted by Crippen LogP contribution is 2.43. The summed E-state index contributed by atoms with van der Waals surface area (Å²) >= 11 is 0. The lowest BCUT2D eigenvalue weighted by atomic mass is 9.82. The van der Waals surface area contributed by atoms with E-state index in [0.717, 1.165) is 5.57 Å². The molecule has 0 bridgehead atoms. The Bertz CT molecular complexity index is 466. The van der Waals surface area contributed by atoms with Crippen molar-refractivity contribution in [3.63, 3.8) is 0 Å². The van der Waals surface area contributed by atoms with Gasteiger partial charge in [-0.25, -0.2) is 4.79 Å². The van der Waals surface area contributed by atoms with Gasteiger partial charge in [0.1, 0.15) is 0 Å². The molecule has 0 saturated heterocycles. The lowest BCUT2D eigenvalue weighted by Gasteiger charge is -2.33. The Kier molecular flexibility index (Phi) is 3.90. The molecule has 1 aliphatic carbocycles. The second-order valence-electron chi connectivity index (χ2n) is 4.52. The van der Waals surface area contributed by atoms with Crippen molar-refractivity contribution < 1.29 is 24.2 Å². The lowest BCUT2D eigenvalue weighted by molar-refractivity contribution is -0.145. The molecular formula is C13H17NO5. The van der Waals surface area contributed by atoms with E-state index in [2.05, 4.69) is 5.16 Å². The Morgan fingerprint density at radius 1 is 1.47 bits per heavy atom. The van der Waals surface area contributed by atoms with Gasteiger partial charge in [-0.1, -0.05) is 11.2 Å². The third-order valence-electron chi connectivity index (χ3n) is 3.63. The van der Waals surface area contributed by atoms with Crippen LogP contribution in [-0.2, 0) is 19.0 Å². The molecule has 0 amide bonds.